The smallest absolute Gasteiger partial charge is 0.305 e. The van der Waals surface area contributed by atoms with E-state index >= 15 is 0 Å². The van der Waals surface area contributed by atoms with Crippen LogP contribution in [0.3, 0.4) is 0 Å². The van der Waals surface area contributed by atoms with E-state index in [1.54, 1.807) is 36.5 Å². The monoisotopic (exact) mass is 439 g/mol. The van der Waals surface area contributed by atoms with Crippen molar-refractivity contribution in [2.45, 2.75) is 33.2 Å². The summed E-state index contributed by atoms with van der Waals surface area (Å²) in [6.45, 7) is 5.17. The lowest BCUT2D eigenvalue weighted by molar-refractivity contribution is -0.140. The second-order valence-corrected chi connectivity index (χ2v) is 7.48. The van der Waals surface area contributed by atoms with Gasteiger partial charge in [-0.1, -0.05) is 0 Å². The molecule has 0 aliphatic carbocycles. The first kappa shape index (κ1) is 23.3. The largest absolute Gasteiger partial charge is 0.469 e. The molecule has 0 radical (unpaired) electrons. The maximum atomic E-state index is 13.1. The highest BCUT2D eigenvalue weighted by atomic mass is 16.5. The summed E-state index contributed by atoms with van der Waals surface area (Å²) in [6.07, 6.45) is 2.48. The van der Waals surface area contributed by atoms with Gasteiger partial charge in [0.1, 0.15) is 5.76 Å². The molecule has 0 N–H and O–H groups in total. The Bertz CT molecular complexity index is 1040. The van der Waals surface area contributed by atoms with E-state index in [1.165, 1.54) is 7.11 Å². The van der Waals surface area contributed by atoms with Crippen LogP contribution in [0.15, 0.2) is 47.1 Å². The summed E-state index contributed by atoms with van der Waals surface area (Å²) >= 11 is 0. The predicted octanol–water partition coefficient (Wildman–Crippen LogP) is 3.48. The second-order valence-electron chi connectivity index (χ2n) is 7.48. The summed E-state index contributed by atoms with van der Waals surface area (Å²) < 4.78 is 17.1. The molecule has 8 heteroatoms. The van der Waals surface area contributed by atoms with E-state index in [4.69, 9.17) is 13.9 Å². The van der Waals surface area contributed by atoms with Crippen LogP contribution in [0.1, 0.15) is 39.5 Å². The van der Waals surface area contributed by atoms with Gasteiger partial charge in [0.2, 0.25) is 0 Å². The van der Waals surface area contributed by atoms with Gasteiger partial charge >= 0.3 is 5.97 Å². The zero-order valence-corrected chi connectivity index (χ0v) is 19.0. The van der Waals surface area contributed by atoms with Gasteiger partial charge in [-0.2, -0.15) is 5.10 Å². The average Bonchev–Trinajstić information content (AvgIpc) is 3.42. The van der Waals surface area contributed by atoms with Crippen LogP contribution in [0, 0.1) is 13.8 Å². The molecule has 170 valence electrons. The topological polar surface area (TPSA) is 86.8 Å². The highest BCUT2D eigenvalue weighted by molar-refractivity contribution is 5.94. The van der Waals surface area contributed by atoms with Crippen molar-refractivity contribution in [3.05, 3.63) is 70.9 Å². The van der Waals surface area contributed by atoms with Gasteiger partial charge in [0.25, 0.3) is 5.91 Å². The third-order valence-electron chi connectivity index (χ3n) is 5.39. The Kier molecular flexibility index (Phi) is 7.83. The number of furan rings is 1. The van der Waals surface area contributed by atoms with Crippen LogP contribution in [0.5, 0.6) is 0 Å². The number of esters is 1. The van der Waals surface area contributed by atoms with Crippen molar-refractivity contribution >= 4 is 11.9 Å². The van der Waals surface area contributed by atoms with Gasteiger partial charge < -0.3 is 18.8 Å². The van der Waals surface area contributed by atoms with E-state index in [0.717, 1.165) is 22.6 Å². The van der Waals surface area contributed by atoms with Crippen LogP contribution >= 0.6 is 0 Å². The lowest BCUT2D eigenvalue weighted by Crippen LogP contribution is -2.33. The molecule has 0 aliphatic heterocycles. The molecule has 0 saturated heterocycles. The number of nitrogens with zero attached hydrogens (tertiary/aromatic N) is 3. The van der Waals surface area contributed by atoms with Gasteiger partial charge in [-0.25, -0.2) is 4.68 Å². The molecule has 3 aromatic rings. The van der Waals surface area contributed by atoms with E-state index < -0.39 is 0 Å². The van der Waals surface area contributed by atoms with Crippen molar-refractivity contribution in [2.24, 2.45) is 0 Å². The van der Waals surface area contributed by atoms with E-state index in [-0.39, 0.29) is 11.9 Å². The first-order valence-electron chi connectivity index (χ1n) is 10.5. The Labute approximate surface area is 187 Å². The van der Waals surface area contributed by atoms with E-state index in [9.17, 15) is 9.59 Å². The number of aryl methyl sites for hydroxylation is 1. The highest BCUT2D eigenvalue weighted by Gasteiger charge is 2.18. The Morgan fingerprint density at radius 3 is 2.50 bits per heavy atom. The quantitative estimate of drug-likeness (QED) is 0.450. The number of ether oxygens (including phenoxy) is 2. The van der Waals surface area contributed by atoms with Crippen molar-refractivity contribution < 1.29 is 23.5 Å². The number of methoxy groups -OCH3 is 2. The Morgan fingerprint density at radius 2 is 1.88 bits per heavy atom. The number of hydrogen-bond donors (Lipinski definition) is 0. The molecular weight excluding hydrogens is 410 g/mol. The molecule has 0 unspecified atom stereocenters. The Hall–Kier alpha value is -3.39. The second kappa shape index (κ2) is 10.8. The predicted molar refractivity (Wildman–Crippen MR) is 119 cm³/mol. The van der Waals surface area contributed by atoms with Crippen LogP contribution < -0.4 is 0 Å². The summed E-state index contributed by atoms with van der Waals surface area (Å²) in [5, 5.41) is 4.62. The zero-order valence-electron chi connectivity index (χ0n) is 19.0. The minimum absolute atomic E-state index is 0.0999. The minimum Gasteiger partial charge on any atom is -0.469 e. The number of hydrogen-bond acceptors (Lipinski definition) is 6. The number of carbonyl (C=O) groups excluding carboxylic acids is 2. The zero-order chi connectivity index (χ0) is 23.1. The van der Waals surface area contributed by atoms with E-state index in [1.807, 2.05) is 36.7 Å². The first-order chi connectivity index (χ1) is 15.4. The molecule has 32 heavy (non-hydrogen) atoms. The van der Waals surface area contributed by atoms with Crippen LogP contribution in [-0.4, -0.2) is 53.9 Å². The maximum Gasteiger partial charge on any atom is 0.305 e. The maximum absolute atomic E-state index is 13.1. The molecule has 8 nitrogen and oxygen atoms in total. The number of carbonyl (C=O) groups is 2. The summed E-state index contributed by atoms with van der Waals surface area (Å²) in [5.41, 5.74) is 4.28. The molecule has 0 bridgehead atoms. The lowest BCUT2D eigenvalue weighted by Gasteiger charge is -2.21. The molecule has 1 aromatic carbocycles. The van der Waals surface area contributed by atoms with Gasteiger partial charge in [-0.05, 0) is 62.2 Å². The van der Waals surface area contributed by atoms with Crippen LogP contribution in [0.2, 0.25) is 0 Å². The molecule has 1 amide bonds. The molecule has 3 rings (SSSR count). The van der Waals surface area contributed by atoms with Gasteiger partial charge in [0.05, 0.1) is 37.9 Å². The van der Waals surface area contributed by atoms with Crippen LogP contribution in [0.4, 0.5) is 0 Å². The summed E-state index contributed by atoms with van der Waals surface area (Å²) in [7, 11) is 3.00. The first-order valence-corrected chi connectivity index (χ1v) is 10.5. The standard InChI is InChI=1S/C24H29N3O5/c1-17-22(11-12-23(28)31-4)18(2)27(25-17)20-9-7-19(8-10-20)24(29)26(13-15-30-3)16-21-6-5-14-32-21/h5-10,14H,11-13,15-16H2,1-4H3. The minimum atomic E-state index is -0.244. The molecule has 0 fully saturated rings. The number of rotatable bonds is 10. The van der Waals surface area contributed by atoms with Gasteiger partial charge in [-0.15, -0.1) is 0 Å². The summed E-state index contributed by atoms with van der Waals surface area (Å²) in [5.74, 6) is 0.373. The Balaban J connectivity index is 1.77. The lowest BCUT2D eigenvalue weighted by atomic mass is 10.1. The van der Waals surface area contributed by atoms with Gasteiger partial charge in [0, 0.05) is 31.3 Å². The molecule has 0 aliphatic rings. The normalized spacial score (nSPS) is 10.9. The van der Waals surface area contributed by atoms with Gasteiger partial charge in [-0.3, -0.25) is 9.59 Å². The number of amides is 1. The average molecular weight is 440 g/mol. The van der Waals surface area contributed by atoms with E-state index in [0.29, 0.717) is 43.9 Å². The van der Waals surface area contributed by atoms with Crippen molar-refractivity contribution in [2.75, 3.05) is 27.4 Å². The number of aromatic nitrogens is 2. The van der Waals surface area contributed by atoms with Crippen molar-refractivity contribution in [1.82, 2.24) is 14.7 Å². The van der Waals surface area contributed by atoms with Crippen molar-refractivity contribution in [1.29, 1.82) is 0 Å². The molecule has 0 saturated carbocycles. The molecular formula is C24H29N3O5. The Morgan fingerprint density at radius 1 is 1.12 bits per heavy atom. The van der Waals surface area contributed by atoms with E-state index in [2.05, 4.69) is 5.10 Å². The molecule has 2 heterocycles. The van der Waals surface area contributed by atoms with Crippen molar-refractivity contribution in [3.8, 4) is 5.69 Å². The van der Waals surface area contributed by atoms with Crippen molar-refractivity contribution in [3.63, 3.8) is 0 Å². The summed E-state index contributed by atoms with van der Waals surface area (Å²) in [4.78, 5) is 26.3. The number of benzene rings is 1. The summed E-state index contributed by atoms with van der Waals surface area (Å²) in [6, 6.07) is 11.0. The SMILES string of the molecule is COCCN(Cc1ccco1)C(=O)c1ccc(-n2nc(C)c(CCC(=O)OC)c2C)cc1. The fourth-order valence-corrected chi connectivity index (χ4v) is 3.59. The highest BCUT2D eigenvalue weighted by Crippen LogP contribution is 2.21. The molecule has 0 atom stereocenters. The molecule has 0 spiro atoms. The van der Waals surface area contributed by atoms with Gasteiger partial charge in [0.15, 0.2) is 0 Å². The van der Waals surface area contributed by atoms with Crippen LogP contribution in [0.25, 0.3) is 5.69 Å². The third kappa shape index (κ3) is 5.45. The fourth-order valence-electron chi connectivity index (χ4n) is 3.59. The van der Waals surface area contributed by atoms with Crippen LogP contribution in [-0.2, 0) is 27.2 Å². The fraction of sp³-hybridized carbons (Fsp3) is 0.375. The molecule has 2 aromatic heterocycles. The third-order valence-corrected chi connectivity index (χ3v) is 5.39.